The number of halogens is 2. The van der Waals surface area contributed by atoms with Crippen LogP contribution in [0.4, 0.5) is 4.39 Å². The molecule has 0 spiro atoms. The fourth-order valence-electron chi connectivity index (χ4n) is 3.41. The molecule has 3 N–H and O–H groups in total. The number of ether oxygens (including phenoxy) is 2. The van der Waals surface area contributed by atoms with Gasteiger partial charge in [0, 0.05) is 18.3 Å². The second-order valence-corrected chi connectivity index (χ2v) is 10.9. The van der Waals surface area contributed by atoms with E-state index in [0.29, 0.717) is 0 Å². The summed E-state index contributed by atoms with van der Waals surface area (Å²) in [5, 5.41) is 13.1. The van der Waals surface area contributed by atoms with Crippen LogP contribution in [0.1, 0.15) is 27.0 Å². The molecular formula is C21H25BClFN3O9P. The Morgan fingerprint density at radius 3 is 2.73 bits per heavy atom. The average Bonchev–Trinajstić information content (AvgIpc) is 3.01. The largest absolute Gasteiger partial charge is 0.465 e. The lowest BCUT2D eigenvalue weighted by atomic mass is 9.79. The zero-order valence-electron chi connectivity index (χ0n) is 20.1. The number of hydrogen-bond donors (Lipinski definition) is 3. The maximum atomic E-state index is 13.7. The molecule has 0 amide bonds. The SMILES string of the molecule is [B][C@]1(Cl)[C@H](O)[C@@H](CO[P@@](=O)(NC(C)(C)C(=O)OCC)Oc2cccc(F)c2)O[C@H]1n1ccc(=O)[nH]c1=O. The number of nitrogens with zero attached hydrogens (tertiary/aromatic N) is 1. The number of H-pyrrole nitrogens is 1. The second-order valence-electron chi connectivity index (χ2n) is 8.62. The molecule has 0 unspecified atom stereocenters. The topological polar surface area (TPSA) is 158 Å². The molecule has 16 heteroatoms. The third-order valence-corrected chi connectivity index (χ3v) is 7.41. The highest BCUT2D eigenvalue weighted by molar-refractivity contribution is 7.52. The molecule has 0 bridgehead atoms. The predicted octanol–water partition coefficient (Wildman–Crippen LogP) is 1.17. The summed E-state index contributed by atoms with van der Waals surface area (Å²) < 4.78 is 47.7. The van der Waals surface area contributed by atoms with Crippen molar-refractivity contribution >= 4 is 33.2 Å². The Balaban J connectivity index is 1.86. The van der Waals surface area contributed by atoms with Crippen LogP contribution >= 0.6 is 19.3 Å². The van der Waals surface area contributed by atoms with E-state index in [2.05, 4.69) is 5.09 Å². The molecule has 200 valence electrons. The smallest absolute Gasteiger partial charge is 0.459 e. The number of hydrogen-bond acceptors (Lipinski definition) is 9. The van der Waals surface area contributed by atoms with Crippen LogP contribution in [0, 0.1) is 5.82 Å². The molecule has 1 saturated heterocycles. The van der Waals surface area contributed by atoms with E-state index in [-0.39, 0.29) is 12.4 Å². The summed E-state index contributed by atoms with van der Waals surface area (Å²) in [6, 6.07) is 5.71. The van der Waals surface area contributed by atoms with Crippen LogP contribution in [-0.2, 0) is 23.4 Å². The van der Waals surface area contributed by atoms with E-state index in [4.69, 9.17) is 38.0 Å². The zero-order valence-corrected chi connectivity index (χ0v) is 21.7. The first-order chi connectivity index (χ1) is 17.2. The fourth-order valence-corrected chi connectivity index (χ4v) is 5.38. The molecule has 37 heavy (non-hydrogen) atoms. The summed E-state index contributed by atoms with van der Waals surface area (Å²) >= 11 is 6.28. The van der Waals surface area contributed by atoms with Gasteiger partial charge < -0.3 is 19.1 Å². The molecule has 12 nitrogen and oxygen atoms in total. The van der Waals surface area contributed by atoms with Gasteiger partial charge in [0.15, 0.2) is 6.23 Å². The molecule has 0 saturated carbocycles. The molecule has 0 aliphatic carbocycles. The molecule has 3 rings (SSSR count). The number of aromatic nitrogens is 2. The lowest BCUT2D eigenvalue weighted by Crippen LogP contribution is -2.47. The Bertz CT molecular complexity index is 1300. The van der Waals surface area contributed by atoms with Crippen LogP contribution < -0.4 is 20.9 Å². The van der Waals surface area contributed by atoms with Gasteiger partial charge in [-0.2, -0.15) is 5.09 Å². The molecular weight excluding hydrogens is 534 g/mol. The van der Waals surface area contributed by atoms with Gasteiger partial charge in [-0.05, 0) is 32.9 Å². The van der Waals surface area contributed by atoms with E-state index in [1.54, 1.807) is 6.92 Å². The molecule has 1 aliphatic rings. The van der Waals surface area contributed by atoms with E-state index < -0.39 is 66.1 Å². The molecule has 2 aromatic rings. The first kappa shape index (κ1) is 29.1. The highest BCUT2D eigenvalue weighted by Crippen LogP contribution is 2.48. The Morgan fingerprint density at radius 1 is 1.41 bits per heavy atom. The number of aliphatic hydroxyl groups is 1. The van der Waals surface area contributed by atoms with Crippen molar-refractivity contribution in [3.63, 3.8) is 0 Å². The summed E-state index contributed by atoms with van der Waals surface area (Å²) in [7, 11) is 1.52. The highest BCUT2D eigenvalue weighted by Gasteiger charge is 2.53. The third kappa shape index (κ3) is 6.70. The fraction of sp³-hybridized carbons (Fsp3) is 0.476. The van der Waals surface area contributed by atoms with Crippen LogP contribution in [0.15, 0.2) is 46.1 Å². The number of carbonyl (C=O) groups excluding carboxylic acids is 1. The number of alkyl halides is 1. The first-order valence-electron chi connectivity index (χ1n) is 11.0. The summed E-state index contributed by atoms with van der Waals surface area (Å²) in [6.45, 7) is 3.68. The number of nitrogens with one attached hydrogen (secondary N) is 2. The summed E-state index contributed by atoms with van der Waals surface area (Å²) in [5.74, 6) is -1.66. The van der Waals surface area contributed by atoms with Crippen molar-refractivity contribution in [2.75, 3.05) is 13.2 Å². The van der Waals surface area contributed by atoms with Crippen molar-refractivity contribution in [1.29, 1.82) is 0 Å². The van der Waals surface area contributed by atoms with Crippen LogP contribution in [0.5, 0.6) is 5.75 Å². The normalized spacial score (nSPS) is 25.4. The summed E-state index contributed by atoms with van der Waals surface area (Å²) in [5.41, 5.74) is -3.17. The van der Waals surface area contributed by atoms with Gasteiger partial charge in [0.1, 0.15) is 31.1 Å². The van der Waals surface area contributed by atoms with Crippen molar-refractivity contribution in [2.24, 2.45) is 0 Å². The Morgan fingerprint density at radius 2 is 2.11 bits per heavy atom. The number of esters is 1. The van der Waals surface area contributed by atoms with Gasteiger partial charge in [0.05, 0.1) is 24.1 Å². The minimum atomic E-state index is -4.50. The molecule has 1 fully saturated rings. The zero-order chi connectivity index (χ0) is 27.6. The van der Waals surface area contributed by atoms with E-state index in [9.17, 15) is 28.4 Å². The number of aromatic amines is 1. The maximum Gasteiger partial charge on any atom is 0.459 e. The van der Waals surface area contributed by atoms with Gasteiger partial charge in [-0.25, -0.2) is 13.8 Å². The lowest BCUT2D eigenvalue weighted by molar-refractivity contribution is -0.149. The quantitative estimate of drug-likeness (QED) is 0.167. The van der Waals surface area contributed by atoms with Gasteiger partial charge in [0.25, 0.3) is 5.56 Å². The predicted molar refractivity (Wildman–Crippen MR) is 130 cm³/mol. The minimum absolute atomic E-state index is 0.0434. The molecule has 1 aromatic carbocycles. The third-order valence-electron chi connectivity index (χ3n) is 5.22. The summed E-state index contributed by atoms with van der Waals surface area (Å²) in [4.78, 5) is 38.0. The highest BCUT2D eigenvalue weighted by atomic mass is 35.5. The van der Waals surface area contributed by atoms with Crippen molar-refractivity contribution in [3.8, 4) is 5.75 Å². The molecule has 1 aromatic heterocycles. The Hall–Kier alpha value is -2.48. The minimum Gasteiger partial charge on any atom is -0.465 e. The van der Waals surface area contributed by atoms with Gasteiger partial charge in [0.2, 0.25) is 0 Å². The summed E-state index contributed by atoms with van der Waals surface area (Å²) in [6.07, 6.45) is -3.41. The van der Waals surface area contributed by atoms with Crippen LogP contribution in [0.2, 0.25) is 0 Å². The Labute approximate surface area is 217 Å². The van der Waals surface area contributed by atoms with Gasteiger partial charge in [-0.1, -0.05) is 6.07 Å². The average molecular weight is 560 g/mol. The van der Waals surface area contributed by atoms with Crippen molar-refractivity contribution in [2.45, 2.75) is 49.5 Å². The molecule has 1 aliphatic heterocycles. The number of carbonyl (C=O) groups is 1. The van der Waals surface area contributed by atoms with Gasteiger partial charge in [-0.3, -0.25) is 23.7 Å². The number of benzene rings is 1. The van der Waals surface area contributed by atoms with E-state index in [1.807, 2.05) is 4.98 Å². The van der Waals surface area contributed by atoms with Crippen LogP contribution in [0.3, 0.4) is 0 Å². The van der Waals surface area contributed by atoms with Gasteiger partial charge >= 0.3 is 19.4 Å². The first-order valence-corrected chi connectivity index (χ1v) is 12.9. The van der Waals surface area contributed by atoms with Crippen molar-refractivity contribution in [3.05, 3.63) is 63.2 Å². The maximum absolute atomic E-state index is 13.7. The van der Waals surface area contributed by atoms with E-state index in [1.165, 1.54) is 26.0 Å². The van der Waals surface area contributed by atoms with Crippen LogP contribution in [-0.4, -0.2) is 64.2 Å². The van der Waals surface area contributed by atoms with E-state index in [0.717, 1.165) is 29.0 Å². The molecule has 2 radical (unpaired) electrons. The van der Waals surface area contributed by atoms with Crippen molar-refractivity contribution < 1.29 is 37.4 Å². The monoisotopic (exact) mass is 559 g/mol. The van der Waals surface area contributed by atoms with Crippen LogP contribution in [0.25, 0.3) is 0 Å². The number of aliphatic hydroxyl groups excluding tert-OH is 1. The standard InChI is InChI=1S/C21H25BClFN3O9P/c1-4-33-18(30)20(2,3)26-37(32,36-13-7-5-6-12(24)10-13)34-11-14-16(29)21(22,23)17(35-14)27-9-8-15(28)25-19(27)31/h5-10,14,16-17,29H,4,11H2,1-3H3,(H,26,32)(H,25,28,31)/t14-,16-,17-,21+,37+/m1/s1. The van der Waals surface area contributed by atoms with E-state index >= 15 is 0 Å². The lowest BCUT2D eigenvalue weighted by Gasteiger charge is -2.30. The molecule has 2 heterocycles. The van der Waals surface area contributed by atoms with Crippen molar-refractivity contribution in [1.82, 2.24) is 14.6 Å². The van der Waals surface area contributed by atoms with Gasteiger partial charge in [-0.15, -0.1) is 11.6 Å². The second kappa shape index (κ2) is 11.1. The Kier molecular flexibility index (Phi) is 8.73. The number of rotatable bonds is 10. The molecule has 5 atom stereocenters.